The van der Waals surface area contributed by atoms with Crippen molar-refractivity contribution in [1.29, 1.82) is 0 Å². The summed E-state index contributed by atoms with van der Waals surface area (Å²) >= 11 is 0. The van der Waals surface area contributed by atoms with Crippen molar-refractivity contribution >= 4 is 16.7 Å². The molecule has 0 spiro atoms. The van der Waals surface area contributed by atoms with Gasteiger partial charge in [-0.3, -0.25) is 0 Å². The standard InChI is InChI=1S/C31H26O2/c1-31(2,33-25-19-17-24(32)18-20-25)30(23-13-7-4-8-14-23)29-21-28(22-11-5-3-6-12-22)26-15-9-10-16-27(26)29/h3-21,32H,1-2H3/b30-29-. The number of phenolic OH excluding ortho intramolecular Hbond substituents is 1. The van der Waals surface area contributed by atoms with Gasteiger partial charge in [0.2, 0.25) is 0 Å². The quantitative estimate of drug-likeness (QED) is 0.353. The van der Waals surface area contributed by atoms with E-state index < -0.39 is 5.60 Å². The minimum absolute atomic E-state index is 0.224. The van der Waals surface area contributed by atoms with E-state index in [0.29, 0.717) is 5.75 Å². The summed E-state index contributed by atoms with van der Waals surface area (Å²) in [4.78, 5) is 0. The molecule has 0 aromatic heterocycles. The van der Waals surface area contributed by atoms with Crippen molar-refractivity contribution < 1.29 is 9.84 Å². The summed E-state index contributed by atoms with van der Waals surface area (Å²) in [5, 5.41) is 9.69. The van der Waals surface area contributed by atoms with Gasteiger partial charge in [0.1, 0.15) is 17.1 Å². The summed E-state index contributed by atoms with van der Waals surface area (Å²) in [6.45, 7) is 4.21. The van der Waals surface area contributed by atoms with Crippen LogP contribution >= 0.6 is 0 Å². The minimum Gasteiger partial charge on any atom is -0.508 e. The van der Waals surface area contributed by atoms with Gasteiger partial charge in [-0.2, -0.15) is 0 Å². The molecule has 162 valence electrons. The third-order valence-electron chi connectivity index (χ3n) is 6.02. The van der Waals surface area contributed by atoms with Crippen LogP contribution in [0.15, 0.2) is 115 Å². The first-order valence-corrected chi connectivity index (χ1v) is 11.2. The molecule has 2 nitrogen and oxygen atoms in total. The predicted molar refractivity (Wildman–Crippen MR) is 136 cm³/mol. The first-order chi connectivity index (χ1) is 16.0. The van der Waals surface area contributed by atoms with Gasteiger partial charge in [-0.15, -0.1) is 0 Å². The number of hydrogen-bond acceptors (Lipinski definition) is 2. The lowest BCUT2D eigenvalue weighted by molar-refractivity contribution is 0.173. The molecule has 0 saturated heterocycles. The largest absolute Gasteiger partial charge is 0.508 e. The maximum atomic E-state index is 9.69. The molecular weight excluding hydrogens is 404 g/mol. The van der Waals surface area contributed by atoms with E-state index in [9.17, 15) is 5.11 Å². The molecule has 0 bridgehead atoms. The van der Waals surface area contributed by atoms with Crippen molar-refractivity contribution in [2.75, 3.05) is 0 Å². The molecule has 33 heavy (non-hydrogen) atoms. The molecule has 0 saturated carbocycles. The summed E-state index contributed by atoms with van der Waals surface area (Å²) in [6, 6.07) is 36.5. The molecule has 0 radical (unpaired) electrons. The van der Waals surface area contributed by atoms with Gasteiger partial charge in [-0.1, -0.05) is 84.9 Å². The van der Waals surface area contributed by atoms with E-state index in [1.165, 1.54) is 27.8 Å². The van der Waals surface area contributed by atoms with Crippen molar-refractivity contribution in [3.63, 3.8) is 0 Å². The highest BCUT2D eigenvalue weighted by Gasteiger charge is 2.33. The second kappa shape index (κ2) is 8.48. The highest BCUT2D eigenvalue weighted by atomic mass is 16.5. The molecule has 0 amide bonds. The third kappa shape index (κ3) is 4.08. The molecule has 1 N–H and O–H groups in total. The monoisotopic (exact) mass is 430 g/mol. The van der Waals surface area contributed by atoms with Crippen molar-refractivity contribution in [3.8, 4) is 11.5 Å². The molecule has 4 aromatic carbocycles. The minimum atomic E-state index is -0.636. The highest BCUT2D eigenvalue weighted by Crippen LogP contribution is 2.46. The maximum Gasteiger partial charge on any atom is 0.130 e. The summed E-state index contributed by atoms with van der Waals surface area (Å²) in [7, 11) is 0. The van der Waals surface area contributed by atoms with Gasteiger partial charge in [-0.05, 0) is 77.6 Å². The third-order valence-corrected chi connectivity index (χ3v) is 6.02. The molecule has 0 unspecified atom stereocenters. The van der Waals surface area contributed by atoms with E-state index in [4.69, 9.17) is 4.74 Å². The fraction of sp³-hybridized carbons (Fsp3) is 0.0968. The van der Waals surface area contributed by atoms with Crippen LogP contribution in [0.4, 0.5) is 0 Å². The predicted octanol–water partition coefficient (Wildman–Crippen LogP) is 7.61. The zero-order chi connectivity index (χ0) is 22.8. The van der Waals surface area contributed by atoms with E-state index in [1.807, 2.05) is 12.1 Å². The van der Waals surface area contributed by atoms with E-state index in [0.717, 1.165) is 11.1 Å². The average Bonchev–Trinajstić information content (AvgIpc) is 3.21. The molecule has 0 heterocycles. The summed E-state index contributed by atoms with van der Waals surface area (Å²) in [5.41, 5.74) is 7.62. The first kappa shape index (κ1) is 20.8. The van der Waals surface area contributed by atoms with Crippen molar-refractivity contribution in [2.24, 2.45) is 0 Å². The van der Waals surface area contributed by atoms with Crippen LogP contribution in [0, 0.1) is 0 Å². The normalized spacial score (nSPS) is 14.4. The Morgan fingerprint density at radius 2 is 1.24 bits per heavy atom. The van der Waals surface area contributed by atoms with Crippen LogP contribution in [-0.4, -0.2) is 10.7 Å². The Bertz CT molecular complexity index is 1330. The van der Waals surface area contributed by atoms with Crippen LogP contribution in [0.5, 0.6) is 11.5 Å². The summed E-state index contributed by atoms with van der Waals surface area (Å²) < 4.78 is 6.54. The molecule has 0 atom stereocenters. The van der Waals surface area contributed by atoms with Gasteiger partial charge in [0, 0.05) is 5.57 Å². The Balaban J connectivity index is 1.73. The van der Waals surface area contributed by atoms with Gasteiger partial charge < -0.3 is 9.84 Å². The second-order valence-electron chi connectivity index (χ2n) is 8.73. The highest BCUT2D eigenvalue weighted by molar-refractivity contribution is 6.10. The van der Waals surface area contributed by atoms with Crippen LogP contribution in [0.1, 0.15) is 36.1 Å². The fourth-order valence-corrected chi connectivity index (χ4v) is 4.61. The summed E-state index contributed by atoms with van der Waals surface area (Å²) in [6.07, 6.45) is 2.30. The number of phenols is 1. The Hall–Kier alpha value is -4.04. The van der Waals surface area contributed by atoms with Crippen LogP contribution < -0.4 is 4.74 Å². The van der Waals surface area contributed by atoms with Gasteiger partial charge in [-0.25, -0.2) is 0 Å². The molecule has 5 rings (SSSR count). The summed E-state index contributed by atoms with van der Waals surface area (Å²) in [5.74, 6) is 0.937. The number of rotatable bonds is 5. The van der Waals surface area contributed by atoms with Crippen molar-refractivity contribution in [2.45, 2.75) is 19.4 Å². The number of allylic oxidation sites excluding steroid dienone is 2. The van der Waals surface area contributed by atoms with E-state index in [2.05, 4.69) is 92.7 Å². The lowest BCUT2D eigenvalue weighted by atomic mass is 9.85. The maximum absolute atomic E-state index is 9.69. The Morgan fingerprint density at radius 3 is 1.91 bits per heavy atom. The van der Waals surface area contributed by atoms with Crippen LogP contribution in [0.3, 0.4) is 0 Å². The first-order valence-electron chi connectivity index (χ1n) is 11.2. The number of fused-ring (bicyclic) bond motifs is 1. The number of hydrogen-bond donors (Lipinski definition) is 1. The number of aromatic hydroxyl groups is 1. The molecular formula is C31H26O2. The van der Waals surface area contributed by atoms with Crippen molar-refractivity contribution in [3.05, 3.63) is 138 Å². The van der Waals surface area contributed by atoms with Crippen LogP contribution in [-0.2, 0) is 0 Å². The molecule has 0 fully saturated rings. The fourth-order valence-electron chi connectivity index (χ4n) is 4.61. The van der Waals surface area contributed by atoms with E-state index in [-0.39, 0.29) is 5.75 Å². The Kier molecular flexibility index (Phi) is 5.35. The van der Waals surface area contributed by atoms with Gasteiger partial charge in [0.15, 0.2) is 0 Å². The topological polar surface area (TPSA) is 29.5 Å². The molecule has 2 heteroatoms. The Labute approximate surface area is 195 Å². The average molecular weight is 431 g/mol. The zero-order valence-corrected chi connectivity index (χ0v) is 18.8. The lowest BCUT2D eigenvalue weighted by Crippen LogP contribution is -2.30. The van der Waals surface area contributed by atoms with E-state index >= 15 is 0 Å². The number of benzene rings is 4. The van der Waals surface area contributed by atoms with Gasteiger partial charge in [0.25, 0.3) is 0 Å². The molecule has 0 aliphatic heterocycles. The number of ether oxygens (including phenoxy) is 1. The second-order valence-corrected chi connectivity index (χ2v) is 8.73. The zero-order valence-electron chi connectivity index (χ0n) is 18.8. The molecule has 4 aromatic rings. The lowest BCUT2D eigenvalue weighted by Gasteiger charge is -2.31. The Morgan fingerprint density at radius 1 is 0.667 bits per heavy atom. The molecule has 1 aliphatic carbocycles. The smallest absolute Gasteiger partial charge is 0.130 e. The SMILES string of the molecule is CC(C)(Oc1ccc(O)cc1)/C(=C1/C=C(c2ccccc2)c2ccccc21)c1ccccc1. The van der Waals surface area contributed by atoms with Crippen LogP contribution in [0.25, 0.3) is 16.7 Å². The van der Waals surface area contributed by atoms with Gasteiger partial charge in [0.05, 0.1) is 0 Å². The van der Waals surface area contributed by atoms with Crippen molar-refractivity contribution in [1.82, 2.24) is 0 Å². The van der Waals surface area contributed by atoms with E-state index in [1.54, 1.807) is 24.3 Å². The van der Waals surface area contributed by atoms with Gasteiger partial charge >= 0.3 is 0 Å². The van der Waals surface area contributed by atoms with Crippen LogP contribution in [0.2, 0.25) is 0 Å². The molecule has 1 aliphatic rings.